The fraction of sp³-hybridized carbons (Fsp3) is 0.455. The van der Waals surface area contributed by atoms with Crippen LogP contribution in [0, 0.1) is 0 Å². The van der Waals surface area contributed by atoms with Crippen LogP contribution in [0.2, 0.25) is 0 Å². The molecule has 0 aliphatic rings. The molecule has 0 saturated heterocycles. The minimum Gasteiger partial charge on any atom is -0.370 e. The number of nitrogens with zero attached hydrogens (tertiary/aromatic N) is 1. The molecule has 1 amide bonds. The third kappa shape index (κ3) is 5.80. The molecular weight excluding hydrogens is 190 g/mol. The molecule has 0 aliphatic carbocycles. The van der Waals surface area contributed by atoms with E-state index in [1.165, 1.54) is 0 Å². The highest BCUT2D eigenvalue weighted by Gasteiger charge is 1.95. The van der Waals surface area contributed by atoms with Gasteiger partial charge in [0.2, 0.25) is 5.91 Å². The molecule has 0 fully saturated rings. The Bertz CT molecular complexity index is 287. The van der Waals surface area contributed by atoms with Gasteiger partial charge in [-0.3, -0.25) is 9.78 Å². The van der Waals surface area contributed by atoms with Crippen LogP contribution in [0.25, 0.3) is 0 Å². The molecule has 0 atom stereocenters. The number of primary amides is 1. The maximum absolute atomic E-state index is 10.4. The second-order valence-electron chi connectivity index (χ2n) is 3.39. The predicted molar refractivity (Wildman–Crippen MR) is 59.2 cm³/mol. The van der Waals surface area contributed by atoms with Gasteiger partial charge in [0.1, 0.15) is 0 Å². The van der Waals surface area contributed by atoms with Crippen LogP contribution in [0.1, 0.15) is 18.5 Å². The monoisotopic (exact) mass is 207 g/mol. The fourth-order valence-electron chi connectivity index (χ4n) is 1.28. The first kappa shape index (κ1) is 11.7. The number of pyridine rings is 1. The average molecular weight is 207 g/mol. The minimum atomic E-state index is -0.235. The van der Waals surface area contributed by atoms with Crippen LogP contribution in [0.5, 0.6) is 0 Å². The van der Waals surface area contributed by atoms with E-state index in [9.17, 15) is 4.79 Å². The summed E-state index contributed by atoms with van der Waals surface area (Å²) < 4.78 is 0. The van der Waals surface area contributed by atoms with E-state index in [2.05, 4.69) is 10.3 Å². The summed E-state index contributed by atoms with van der Waals surface area (Å²) in [6, 6.07) is 5.89. The molecule has 0 aliphatic heterocycles. The highest BCUT2D eigenvalue weighted by Crippen LogP contribution is 1.93. The van der Waals surface area contributed by atoms with Gasteiger partial charge in [0.25, 0.3) is 0 Å². The summed E-state index contributed by atoms with van der Waals surface area (Å²) >= 11 is 0. The van der Waals surface area contributed by atoms with Gasteiger partial charge in [-0.1, -0.05) is 6.07 Å². The highest BCUT2D eigenvalue weighted by atomic mass is 16.1. The van der Waals surface area contributed by atoms with Crippen LogP contribution in [-0.4, -0.2) is 24.0 Å². The van der Waals surface area contributed by atoms with Crippen molar-refractivity contribution < 1.29 is 4.79 Å². The third-order valence-electron chi connectivity index (χ3n) is 2.06. The molecule has 1 aromatic rings. The van der Waals surface area contributed by atoms with E-state index in [1.807, 2.05) is 18.2 Å². The Morgan fingerprint density at radius 2 is 2.27 bits per heavy atom. The molecule has 82 valence electrons. The lowest BCUT2D eigenvalue weighted by Crippen LogP contribution is -2.20. The van der Waals surface area contributed by atoms with Crippen molar-refractivity contribution in [1.82, 2.24) is 10.3 Å². The number of nitrogens with two attached hydrogens (primary N) is 1. The van der Waals surface area contributed by atoms with E-state index in [0.717, 1.165) is 31.6 Å². The number of hydrogen-bond acceptors (Lipinski definition) is 3. The number of carbonyl (C=O) groups excluding carboxylic acids is 1. The number of rotatable bonds is 7. The number of amides is 1. The fourth-order valence-corrected chi connectivity index (χ4v) is 1.28. The standard InChI is InChI=1S/C11H17N3O/c12-11(15)5-3-7-13-9-6-10-4-1-2-8-14-10/h1-2,4,8,13H,3,5-7,9H2,(H2,12,15). The van der Waals surface area contributed by atoms with Gasteiger partial charge >= 0.3 is 0 Å². The van der Waals surface area contributed by atoms with E-state index in [-0.39, 0.29) is 5.91 Å². The van der Waals surface area contributed by atoms with Crippen LogP contribution in [0.3, 0.4) is 0 Å². The number of carbonyl (C=O) groups is 1. The van der Waals surface area contributed by atoms with Gasteiger partial charge in [-0.15, -0.1) is 0 Å². The Kier molecular flexibility index (Phi) is 5.40. The molecule has 1 rings (SSSR count). The van der Waals surface area contributed by atoms with Crippen LogP contribution in [0.4, 0.5) is 0 Å². The smallest absolute Gasteiger partial charge is 0.217 e. The quantitative estimate of drug-likeness (QED) is 0.639. The minimum absolute atomic E-state index is 0.235. The van der Waals surface area contributed by atoms with Crippen LogP contribution < -0.4 is 11.1 Å². The van der Waals surface area contributed by atoms with Crippen molar-refractivity contribution in [2.75, 3.05) is 13.1 Å². The van der Waals surface area contributed by atoms with Crippen molar-refractivity contribution in [3.05, 3.63) is 30.1 Å². The highest BCUT2D eigenvalue weighted by molar-refractivity contribution is 5.73. The molecule has 1 aromatic heterocycles. The molecule has 0 bridgehead atoms. The first-order chi connectivity index (χ1) is 7.29. The second-order valence-corrected chi connectivity index (χ2v) is 3.39. The first-order valence-electron chi connectivity index (χ1n) is 5.18. The molecular formula is C11H17N3O. The molecule has 1 heterocycles. The van der Waals surface area contributed by atoms with Gasteiger partial charge in [0.15, 0.2) is 0 Å². The number of hydrogen-bond donors (Lipinski definition) is 2. The first-order valence-corrected chi connectivity index (χ1v) is 5.18. The van der Waals surface area contributed by atoms with E-state index < -0.39 is 0 Å². The molecule has 0 radical (unpaired) electrons. The Morgan fingerprint density at radius 1 is 1.40 bits per heavy atom. The summed E-state index contributed by atoms with van der Waals surface area (Å²) in [7, 11) is 0. The number of aromatic nitrogens is 1. The Balaban J connectivity index is 2.00. The van der Waals surface area contributed by atoms with E-state index in [4.69, 9.17) is 5.73 Å². The summed E-state index contributed by atoms with van der Waals surface area (Å²) in [5, 5.41) is 3.24. The summed E-state index contributed by atoms with van der Waals surface area (Å²) in [4.78, 5) is 14.6. The zero-order valence-corrected chi connectivity index (χ0v) is 8.78. The van der Waals surface area contributed by atoms with Gasteiger partial charge in [-0.2, -0.15) is 0 Å². The zero-order valence-electron chi connectivity index (χ0n) is 8.78. The van der Waals surface area contributed by atoms with Gasteiger partial charge in [-0.25, -0.2) is 0 Å². The molecule has 0 saturated carbocycles. The third-order valence-corrected chi connectivity index (χ3v) is 2.06. The zero-order chi connectivity index (χ0) is 10.9. The second kappa shape index (κ2) is 6.95. The van der Waals surface area contributed by atoms with Gasteiger partial charge in [0.05, 0.1) is 0 Å². The lowest BCUT2D eigenvalue weighted by atomic mass is 10.2. The van der Waals surface area contributed by atoms with Crippen molar-refractivity contribution in [3.8, 4) is 0 Å². The molecule has 0 aromatic carbocycles. The van der Waals surface area contributed by atoms with Crippen LogP contribution in [0.15, 0.2) is 24.4 Å². The van der Waals surface area contributed by atoms with Crippen molar-refractivity contribution >= 4 is 5.91 Å². The Labute approximate surface area is 89.9 Å². The Morgan fingerprint density at radius 3 is 2.93 bits per heavy atom. The predicted octanol–water partition coefficient (Wildman–Crippen LogP) is 0.479. The van der Waals surface area contributed by atoms with Crippen molar-refractivity contribution in [3.63, 3.8) is 0 Å². The summed E-state index contributed by atoms with van der Waals surface area (Å²) in [5.41, 5.74) is 6.10. The van der Waals surface area contributed by atoms with Gasteiger partial charge in [0, 0.05) is 31.3 Å². The molecule has 4 heteroatoms. The molecule has 0 spiro atoms. The van der Waals surface area contributed by atoms with E-state index in [0.29, 0.717) is 6.42 Å². The lowest BCUT2D eigenvalue weighted by molar-refractivity contribution is -0.118. The van der Waals surface area contributed by atoms with Gasteiger partial charge in [-0.05, 0) is 25.1 Å². The van der Waals surface area contributed by atoms with Gasteiger partial charge < -0.3 is 11.1 Å². The Hall–Kier alpha value is -1.42. The lowest BCUT2D eigenvalue weighted by Gasteiger charge is -2.03. The summed E-state index contributed by atoms with van der Waals surface area (Å²) in [5.74, 6) is -0.235. The summed E-state index contributed by atoms with van der Waals surface area (Å²) in [6.07, 6.45) is 3.97. The topological polar surface area (TPSA) is 68.0 Å². The SMILES string of the molecule is NC(=O)CCCNCCc1ccccn1. The van der Waals surface area contributed by atoms with Crippen molar-refractivity contribution in [2.45, 2.75) is 19.3 Å². The largest absolute Gasteiger partial charge is 0.370 e. The summed E-state index contributed by atoms with van der Waals surface area (Å²) in [6.45, 7) is 1.71. The van der Waals surface area contributed by atoms with Crippen molar-refractivity contribution in [1.29, 1.82) is 0 Å². The molecule has 15 heavy (non-hydrogen) atoms. The normalized spacial score (nSPS) is 10.1. The number of nitrogens with one attached hydrogen (secondary N) is 1. The molecule has 0 unspecified atom stereocenters. The molecule has 4 nitrogen and oxygen atoms in total. The average Bonchev–Trinajstić information content (AvgIpc) is 2.24. The van der Waals surface area contributed by atoms with Crippen molar-refractivity contribution in [2.24, 2.45) is 5.73 Å². The van der Waals surface area contributed by atoms with E-state index in [1.54, 1.807) is 6.20 Å². The van der Waals surface area contributed by atoms with Crippen LogP contribution >= 0.6 is 0 Å². The van der Waals surface area contributed by atoms with E-state index >= 15 is 0 Å². The maximum atomic E-state index is 10.4. The van der Waals surface area contributed by atoms with Crippen LogP contribution in [-0.2, 0) is 11.2 Å². The molecule has 3 N–H and O–H groups in total. The maximum Gasteiger partial charge on any atom is 0.217 e.